The number of nitrogens with zero attached hydrogens (tertiary/aromatic N) is 4. The standard InChI is InChI=1S/C23H18F2N6O3S/c24-23(25)35-18-10-8-15(9-11-18)27-21(32)13-34-20-7-2-1-6-19(20)22(33)28-16-4-3-5-17(12-16)31-14-26-29-30-31/h1-12,14,23H,13H2,(H,27,32)(H,28,33). The summed E-state index contributed by atoms with van der Waals surface area (Å²) in [6.45, 7) is -0.355. The first kappa shape index (κ1) is 23.8. The van der Waals surface area contributed by atoms with Crippen LogP contribution < -0.4 is 15.4 Å². The number of benzene rings is 3. The second-order valence-corrected chi connectivity index (χ2v) is 8.06. The van der Waals surface area contributed by atoms with E-state index in [1.807, 2.05) is 0 Å². The number of nitrogens with one attached hydrogen (secondary N) is 2. The lowest BCUT2D eigenvalue weighted by Crippen LogP contribution is -2.21. The van der Waals surface area contributed by atoms with Gasteiger partial charge in [0.15, 0.2) is 6.61 Å². The van der Waals surface area contributed by atoms with Gasteiger partial charge in [-0.25, -0.2) is 4.68 Å². The van der Waals surface area contributed by atoms with Crippen LogP contribution in [0.5, 0.6) is 5.75 Å². The van der Waals surface area contributed by atoms with Gasteiger partial charge >= 0.3 is 0 Å². The fourth-order valence-electron chi connectivity index (χ4n) is 3.04. The van der Waals surface area contributed by atoms with Crippen LogP contribution in [0.1, 0.15) is 10.4 Å². The summed E-state index contributed by atoms with van der Waals surface area (Å²) in [5.41, 5.74) is 1.85. The zero-order valence-electron chi connectivity index (χ0n) is 18.0. The highest BCUT2D eigenvalue weighted by Crippen LogP contribution is 2.26. The number of thioether (sulfide) groups is 1. The molecule has 35 heavy (non-hydrogen) atoms. The number of aromatic nitrogens is 4. The second kappa shape index (κ2) is 11.2. The Morgan fingerprint density at radius 3 is 2.51 bits per heavy atom. The van der Waals surface area contributed by atoms with E-state index in [9.17, 15) is 18.4 Å². The predicted octanol–water partition coefficient (Wildman–Crippen LogP) is 4.25. The van der Waals surface area contributed by atoms with Crippen LogP contribution in [-0.4, -0.2) is 44.4 Å². The molecule has 178 valence electrons. The summed E-state index contributed by atoms with van der Waals surface area (Å²) in [6.07, 6.45) is 1.44. The van der Waals surface area contributed by atoms with Gasteiger partial charge in [0.2, 0.25) is 0 Å². The van der Waals surface area contributed by atoms with Crippen LogP contribution >= 0.6 is 11.8 Å². The predicted molar refractivity (Wildman–Crippen MR) is 126 cm³/mol. The molecule has 0 radical (unpaired) electrons. The molecule has 0 spiro atoms. The van der Waals surface area contributed by atoms with E-state index < -0.39 is 17.6 Å². The minimum atomic E-state index is -2.52. The molecule has 0 aliphatic rings. The summed E-state index contributed by atoms with van der Waals surface area (Å²) in [5.74, 6) is -3.19. The number of alkyl halides is 2. The average molecular weight is 496 g/mol. The van der Waals surface area contributed by atoms with Gasteiger partial charge in [0.25, 0.3) is 17.6 Å². The van der Waals surface area contributed by atoms with E-state index in [1.54, 1.807) is 48.5 Å². The molecule has 0 atom stereocenters. The van der Waals surface area contributed by atoms with E-state index in [2.05, 4.69) is 26.2 Å². The molecule has 4 rings (SSSR count). The minimum Gasteiger partial charge on any atom is -0.483 e. The molecular formula is C23H18F2N6O3S. The van der Waals surface area contributed by atoms with Crippen molar-refractivity contribution in [3.05, 3.63) is 84.7 Å². The van der Waals surface area contributed by atoms with Crippen LogP contribution in [0.2, 0.25) is 0 Å². The molecule has 0 saturated carbocycles. The van der Waals surface area contributed by atoms with Crippen molar-refractivity contribution in [2.75, 3.05) is 17.2 Å². The Kier molecular flexibility index (Phi) is 7.63. The first-order valence-corrected chi connectivity index (χ1v) is 11.1. The topological polar surface area (TPSA) is 111 Å². The number of anilines is 2. The first-order chi connectivity index (χ1) is 17.0. The number of carbonyl (C=O) groups excluding carboxylic acids is 2. The summed E-state index contributed by atoms with van der Waals surface area (Å²) in [5, 5.41) is 16.4. The molecule has 1 aromatic heterocycles. The first-order valence-electron chi connectivity index (χ1n) is 10.2. The average Bonchev–Trinajstić information content (AvgIpc) is 3.39. The van der Waals surface area contributed by atoms with Gasteiger partial charge in [-0.1, -0.05) is 30.0 Å². The van der Waals surface area contributed by atoms with Crippen molar-refractivity contribution >= 4 is 35.0 Å². The van der Waals surface area contributed by atoms with Crippen molar-refractivity contribution in [3.63, 3.8) is 0 Å². The molecule has 0 aliphatic heterocycles. The van der Waals surface area contributed by atoms with Gasteiger partial charge in [0.05, 0.1) is 11.3 Å². The summed E-state index contributed by atoms with van der Waals surface area (Å²) >= 11 is 0.420. The van der Waals surface area contributed by atoms with E-state index in [0.29, 0.717) is 33.7 Å². The Morgan fingerprint density at radius 2 is 1.77 bits per heavy atom. The number of carbonyl (C=O) groups is 2. The number of tetrazole rings is 1. The highest BCUT2D eigenvalue weighted by Gasteiger charge is 2.14. The molecule has 0 bridgehead atoms. The van der Waals surface area contributed by atoms with Gasteiger partial charge in [0, 0.05) is 16.3 Å². The van der Waals surface area contributed by atoms with Crippen LogP contribution in [0.3, 0.4) is 0 Å². The molecule has 1 heterocycles. The van der Waals surface area contributed by atoms with Gasteiger partial charge in [-0.3, -0.25) is 9.59 Å². The number of hydrogen-bond acceptors (Lipinski definition) is 7. The summed E-state index contributed by atoms with van der Waals surface area (Å²) in [4.78, 5) is 25.6. The molecule has 2 amide bonds. The molecule has 0 aliphatic carbocycles. The zero-order valence-corrected chi connectivity index (χ0v) is 18.8. The minimum absolute atomic E-state index is 0.223. The molecule has 9 nitrogen and oxygen atoms in total. The van der Waals surface area contributed by atoms with Crippen molar-refractivity contribution in [1.82, 2.24) is 20.2 Å². The fraction of sp³-hybridized carbons (Fsp3) is 0.0870. The van der Waals surface area contributed by atoms with Crippen molar-refractivity contribution in [1.29, 1.82) is 0 Å². The largest absolute Gasteiger partial charge is 0.483 e. The molecular weight excluding hydrogens is 478 g/mol. The van der Waals surface area contributed by atoms with Gasteiger partial charge in [-0.15, -0.1) is 5.10 Å². The molecule has 12 heteroatoms. The third kappa shape index (κ3) is 6.60. The highest BCUT2D eigenvalue weighted by atomic mass is 32.2. The van der Waals surface area contributed by atoms with E-state index >= 15 is 0 Å². The maximum atomic E-state index is 12.9. The zero-order chi connectivity index (χ0) is 24.6. The van der Waals surface area contributed by atoms with Crippen LogP contribution in [0, 0.1) is 0 Å². The van der Waals surface area contributed by atoms with Gasteiger partial charge in [-0.2, -0.15) is 8.78 Å². The lowest BCUT2D eigenvalue weighted by Gasteiger charge is -2.12. The Morgan fingerprint density at radius 1 is 0.971 bits per heavy atom. The SMILES string of the molecule is O=C(COc1ccccc1C(=O)Nc1cccc(-n2cnnn2)c1)Nc1ccc(SC(F)F)cc1. The third-order valence-corrected chi connectivity index (χ3v) is 5.29. The Hall–Kier alpha value is -4.32. The van der Waals surface area contributed by atoms with Crippen molar-refractivity contribution in [2.45, 2.75) is 10.7 Å². The number of para-hydroxylation sites is 1. The lowest BCUT2D eigenvalue weighted by molar-refractivity contribution is -0.118. The molecule has 0 fully saturated rings. The van der Waals surface area contributed by atoms with Crippen molar-refractivity contribution in [2.24, 2.45) is 0 Å². The number of ether oxygens (including phenoxy) is 1. The van der Waals surface area contributed by atoms with Crippen LogP contribution in [-0.2, 0) is 4.79 Å². The molecule has 3 aromatic carbocycles. The van der Waals surface area contributed by atoms with E-state index in [4.69, 9.17) is 4.74 Å². The Bertz CT molecular complexity index is 1300. The quantitative estimate of drug-likeness (QED) is 0.333. The highest BCUT2D eigenvalue weighted by molar-refractivity contribution is 7.99. The summed E-state index contributed by atoms with van der Waals surface area (Å²) in [6, 6.07) is 19.5. The lowest BCUT2D eigenvalue weighted by atomic mass is 10.1. The second-order valence-electron chi connectivity index (χ2n) is 6.99. The monoisotopic (exact) mass is 496 g/mol. The maximum absolute atomic E-state index is 12.9. The summed E-state index contributed by atoms with van der Waals surface area (Å²) < 4.78 is 31.9. The number of rotatable bonds is 9. The smallest absolute Gasteiger partial charge is 0.288 e. The molecule has 4 aromatic rings. The van der Waals surface area contributed by atoms with E-state index in [0.717, 1.165) is 0 Å². The van der Waals surface area contributed by atoms with Gasteiger partial charge in [0.1, 0.15) is 12.1 Å². The molecule has 0 unspecified atom stereocenters. The fourth-order valence-corrected chi connectivity index (χ4v) is 3.54. The van der Waals surface area contributed by atoms with Crippen LogP contribution in [0.4, 0.5) is 20.2 Å². The van der Waals surface area contributed by atoms with Crippen molar-refractivity contribution < 1.29 is 23.1 Å². The summed E-state index contributed by atoms with van der Waals surface area (Å²) in [7, 11) is 0. The van der Waals surface area contributed by atoms with Gasteiger partial charge < -0.3 is 15.4 Å². The number of hydrogen-bond donors (Lipinski definition) is 2. The third-order valence-electron chi connectivity index (χ3n) is 4.57. The normalized spacial score (nSPS) is 10.7. The molecule has 0 saturated heterocycles. The Labute approximate surface area is 202 Å². The van der Waals surface area contributed by atoms with E-state index in [-0.39, 0.29) is 17.9 Å². The maximum Gasteiger partial charge on any atom is 0.288 e. The van der Waals surface area contributed by atoms with Crippen LogP contribution in [0.25, 0.3) is 5.69 Å². The van der Waals surface area contributed by atoms with Crippen LogP contribution in [0.15, 0.2) is 84.0 Å². The van der Waals surface area contributed by atoms with Gasteiger partial charge in [-0.05, 0) is 65.0 Å². The number of amides is 2. The molecule has 2 N–H and O–H groups in total. The van der Waals surface area contributed by atoms with Crippen molar-refractivity contribution in [3.8, 4) is 11.4 Å². The van der Waals surface area contributed by atoms with E-state index in [1.165, 1.54) is 35.3 Å². The number of halogens is 2. The Balaban J connectivity index is 1.37.